The molecule has 0 unspecified atom stereocenters. The largest absolute Gasteiger partial charge is 0.336 e. The number of carbonyl (C=O) groups is 2. The molecule has 7 heteroatoms. The number of hydrogen-bond acceptors (Lipinski definition) is 2. The van der Waals surface area contributed by atoms with E-state index in [1.165, 1.54) is 11.9 Å². The highest BCUT2D eigenvalue weighted by Gasteiger charge is 2.17. The van der Waals surface area contributed by atoms with Gasteiger partial charge in [-0.3, -0.25) is 9.59 Å². The predicted octanol–water partition coefficient (Wildman–Crippen LogP) is 3.13. The monoisotopic (exact) mass is 350 g/mol. The number of nitrogens with zero attached hydrogens (tertiary/aromatic N) is 1. The molecule has 0 aliphatic carbocycles. The molecular formula is C18H17F3N2O2. The first-order chi connectivity index (χ1) is 11.9. The number of nitrogens with one attached hydrogen (secondary N) is 1. The summed E-state index contributed by atoms with van der Waals surface area (Å²) < 4.78 is 39.5. The molecule has 0 heterocycles. The summed E-state index contributed by atoms with van der Waals surface area (Å²) in [6.07, 6.45) is 0.747. The standard InChI is InChI=1S/C18H17F3N2O2/c1-23(16(25)10-7-12-5-3-2-4-6-12)11-15(24)22-14-9-8-13(19)17(20)18(14)21/h2-6,8-9H,7,10-11H2,1H3,(H,22,24). The summed E-state index contributed by atoms with van der Waals surface area (Å²) in [5.41, 5.74) is 0.520. The molecule has 132 valence electrons. The van der Waals surface area contributed by atoms with E-state index in [1.54, 1.807) is 0 Å². The summed E-state index contributed by atoms with van der Waals surface area (Å²) in [4.78, 5) is 25.1. The van der Waals surface area contributed by atoms with E-state index in [-0.39, 0.29) is 18.9 Å². The first kappa shape index (κ1) is 18.5. The van der Waals surface area contributed by atoms with Gasteiger partial charge in [0.2, 0.25) is 11.8 Å². The zero-order chi connectivity index (χ0) is 18.4. The lowest BCUT2D eigenvalue weighted by atomic mass is 10.1. The van der Waals surface area contributed by atoms with Crippen molar-refractivity contribution >= 4 is 17.5 Å². The van der Waals surface area contributed by atoms with Gasteiger partial charge < -0.3 is 10.2 Å². The highest BCUT2D eigenvalue weighted by molar-refractivity contribution is 5.94. The van der Waals surface area contributed by atoms with Gasteiger partial charge in [-0.05, 0) is 24.1 Å². The highest BCUT2D eigenvalue weighted by atomic mass is 19.2. The van der Waals surface area contributed by atoms with E-state index in [0.29, 0.717) is 12.5 Å². The van der Waals surface area contributed by atoms with Crippen molar-refractivity contribution in [3.63, 3.8) is 0 Å². The van der Waals surface area contributed by atoms with Gasteiger partial charge in [0.05, 0.1) is 12.2 Å². The fourth-order valence-electron chi connectivity index (χ4n) is 2.20. The fraction of sp³-hybridized carbons (Fsp3) is 0.222. The Morgan fingerprint density at radius 3 is 2.36 bits per heavy atom. The molecule has 0 saturated heterocycles. The van der Waals surface area contributed by atoms with Crippen LogP contribution in [-0.2, 0) is 16.0 Å². The Bertz CT molecular complexity index is 766. The number of aryl methyl sites for hydroxylation is 1. The Kier molecular flexibility index (Phi) is 6.16. The minimum Gasteiger partial charge on any atom is -0.336 e. The maximum atomic E-state index is 13.5. The van der Waals surface area contributed by atoms with Crippen molar-refractivity contribution in [2.24, 2.45) is 0 Å². The van der Waals surface area contributed by atoms with E-state index in [4.69, 9.17) is 0 Å². The van der Waals surface area contributed by atoms with E-state index >= 15 is 0 Å². The molecular weight excluding hydrogens is 333 g/mol. The molecule has 1 N–H and O–H groups in total. The summed E-state index contributed by atoms with van der Waals surface area (Å²) in [7, 11) is 1.44. The molecule has 0 atom stereocenters. The molecule has 0 bridgehead atoms. The summed E-state index contributed by atoms with van der Waals surface area (Å²) in [5, 5.41) is 2.12. The molecule has 0 aliphatic rings. The molecule has 2 rings (SSSR count). The quantitative estimate of drug-likeness (QED) is 0.814. The average Bonchev–Trinajstić information content (AvgIpc) is 2.61. The second-order valence-corrected chi connectivity index (χ2v) is 5.51. The van der Waals surface area contributed by atoms with Crippen LogP contribution >= 0.6 is 0 Å². The van der Waals surface area contributed by atoms with Gasteiger partial charge in [0.15, 0.2) is 17.5 Å². The van der Waals surface area contributed by atoms with E-state index in [9.17, 15) is 22.8 Å². The zero-order valence-corrected chi connectivity index (χ0v) is 13.6. The smallest absolute Gasteiger partial charge is 0.244 e. The van der Waals surface area contributed by atoms with Crippen LogP contribution in [0.3, 0.4) is 0 Å². The minimum absolute atomic E-state index is 0.216. The van der Waals surface area contributed by atoms with Crippen molar-refractivity contribution in [2.75, 3.05) is 18.9 Å². The van der Waals surface area contributed by atoms with Gasteiger partial charge in [-0.1, -0.05) is 30.3 Å². The van der Waals surface area contributed by atoms with Crippen molar-refractivity contribution < 1.29 is 22.8 Å². The SMILES string of the molecule is CN(CC(=O)Nc1ccc(F)c(F)c1F)C(=O)CCc1ccccc1. The van der Waals surface area contributed by atoms with Crippen LogP contribution < -0.4 is 5.32 Å². The van der Waals surface area contributed by atoms with Crippen molar-refractivity contribution in [1.82, 2.24) is 4.90 Å². The van der Waals surface area contributed by atoms with Crippen molar-refractivity contribution in [3.05, 3.63) is 65.5 Å². The van der Waals surface area contributed by atoms with Crippen LogP contribution in [0.5, 0.6) is 0 Å². The number of anilines is 1. The topological polar surface area (TPSA) is 49.4 Å². The van der Waals surface area contributed by atoms with E-state index in [2.05, 4.69) is 5.32 Å². The van der Waals surface area contributed by atoms with Crippen LogP contribution in [0.1, 0.15) is 12.0 Å². The molecule has 0 radical (unpaired) electrons. The normalized spacial score (nSPS) is 10.4. The van der Waals surface area contributed by atoms with Crippen LogP contribution in [-0.4, -0.2) is 30.3 Å². The minimum atomic E-state index is -1.66. The van der Waals surface area contributed by atoms with Crippen molar-refractivity contribution in [2.45, 2.75) is 12.8 Å². The Labute approximate surface area is 143 Å². The van der Waals surface area contributed by atoms with Crippen LogP contribution in [0.4, 0.5) is 18.9 Å². The number of likely N-dealkylation sites (N-methyl/N-ethyl adjacent to an activating group) is 1. The van der Waals surface area contributed by atoms with Crippen molar-refractivity contribution in [3.8, 4) is 0 Å². The van der Waals surface area contributed by atoms with Crippen LogP contribution in [0.25, 0.3) is 0 Å². The summed E-state index contributed by atoms with van der Waals surface area (Å²) in [5.74, 6) is -5.45. The molecule has 0 aliphatic heterocycles. The Morgan fingerprint density at radius 1 is 1.00 bits per heavy atom. The van der Waals surface area contributed by atoms with Gasteiger partial charge in [-0.15, -0.1) is 0 Å². The van der Waals surface area contributed by atoms with E-state index in [0.717, 1.165) is 11.6 Å². The molecule has 25 heavy (non-hydrogen) atoms. The number of hydrogen-bond donors (Lipinski definition) is 1. The zero-order valence-electron chi connectivity index (χ0n) is 13.6. The Balaban J connectivity index is 1.87. The van der Waals surface area contributed by atoms with E-state index < -0.39 is 29.0 Å². The molecule has 2 amide bonds. The molecule has 2 aromatic carbocycles. The van der Waals surface area contributed by atoms with Crippen LogP contribution in [0.2, 0.25) is 0 Å². The maximum absolute atomic E-state index is 13.5. The fourth-order valence-corrected chi connectivity index (χ4v) is 2.20. The van der Waals surface area contributed by atoms with Gasteiger partial charge in [0, 0.05) is 13.5 Å². The second kappa shape index (κ2) is 8.32. The van der Waals surface area contributed by atoms with E-state index in [1.807, 2.05) is 30.3 Å². The van der Waals surface area contributed by atoms with Crippen molar-refractivity contribution in [1.29, 1.82) is 0 Å². The lowest BCUT2D eigenvalue weighted by molar-refractivity contribution is -0.133. The van der Waals surface area contributed by atoms with Gasteiger partial charge >= 0.3 is 0 Å². The average molecular weight is 350 g/mol. The van der Waals surface area contributed by atoms with Gasteiger partial charge in [-0.25, -0.2) is 13.2 Å². The molecule has 2 aromatic rings. The Hall–Kier alpha value is -2.83. The van der Waals surface area contributed by atoms with Gasteiger partial charge in [0.1, 0.15) is 0 Å². The Morgan fingerprint density at radius 2 is 1.68 bits per heavy atom. The lowest BCUT2D eigenvalue weighted by Crippen LogP contribution is -2.35. The second-order valence-electron chi connectivity index (χ2n) is 5.51. The first-order valence-electron chi connectivity index (χ1n) is 7.59. The number of halogens is 3. The molecule has 4 nitrogen and oxygen atoms in total. The highest BCUT2D eigenvalue weighted by Crippen LogP contribution is 2.19. The summed E-state index contributed by atoms with van der Waals surface area (Å²) in [6.45, 7) is -0.327. The molecule has 0 saturated carbocycles. The number of rotatable bonds is 6. The number of amides is 2. The first-order valence-corrected chi connectivity index (χ1v) is 7.59. The summed E-state index contributed by atoms with van der Waals surface area (Å²) in [6, 6.07) is 11.0. The van der Waals surface area contributed by atoms with Crippen LogP contribution in [0.15, 0.2) is 42.5 Å². The molecule has 0 aromatic heterocycles. The third kappa shape index (κ3) is 5.07. The van der Waals surface area contributed by atoms with Crippen LogP contribution in [0, 0.1) is 17.5 Å². The molecule has 0 spiro atoms. The lowest BCUT2D eigenvalue weighted by Gasteiger charge is -2.17. The third-order valence-electron chi connectivity index (χ3n) is 3.59. The van der Waals surface area contributed by atoms with Gasteiger partial charge in [-0.2, -0.15) is 0 Å². The van der Waals surface area contributed by atoms with Gasteiger partial charge in [0.25, 0.3) is 0 Å². The predicted molar refractivity (Wildman–Crippen MR) is 87.3 cm³/mol. The summed E-state index contributed by atoms with van der Waals surface area (Å²) >= 11 is 0. The maximum Gasteiger partial charge on any atom is 0.244 e. The number of carbonyl (C=O) groups excluding carboxylic acids is 2. The molecule has 0 fully saturated rings. The third-order valence-corrected chi connectivity index (χ3v) is 3.59. The number of benzene rings is 2.